The van der Waals surface area contributed by atoms with Crippen LogP contribution >= 0.6 is 15.9 Å². The van der Waals surface area contributed by atoms with Crippen molar-refractivity contribution < 1.29 is 8.42 Å². The van der Waals surface area contributed by atoms with Crippen molar-refractivity contribution in [1.82, 2.24) is 4.90 Å². The van der Waals surface area contributed by atoms with E-state index in [9.17, 15) is 8.42 Å². The molecule has 1 aromatic rings. The smallest absolute Gasteiger partial charge is 0.151 e. The number of benzene rings is 1. The van der Waals surface area contributed by atoms with Gasteiger partial charge in [0, 0.05) is 23.1 Å². The molecule has 0 aromatic heterocycles. The summed E-state index contributed by atoms with van der Waals surface area (Å²) in [5.41, 5.74) is 7.01. The number of rotatable bonds is 4. The van der Waals surface area contributed by atoms with Gasteiger partial charge >= 0.3 is 0 Å². The molecule has 4 nitrogen and oxygen atoms in total. The minimum Gasteiger partial charge on any atom is -0.329 e. The van der Waals surface area contributed by atoms with E-state index >= 15 is 0 Å². The molecule has 1 aromatic carbocycles. The molecule has 1 heterocycles. The van der Waals surface area contributed by atoms with Crippen LogP contribution in [0.5, 0.6) is 0 Å². The highest BCUT2D eigenvalue weighted by molar-refractivity contribution is 9.10. The highest BCUT2D eigenvalue weighted by atomic mass is 79.9. The summed E-state index contributed by atoms with van der Waals surface area (Å²) in [6.45, 7) is 0.468. The standard InChI is InChI=1S/C13H19BrN2O2S/c1-16(10-6-7-19(17,18)9-10)13(8-15)11-4-2-3-5-12(11)14/h2-5,10,13H,6-9,15H2,1H3. The lowest BCUT2D eigenvalue weighted by molar-refractivity contribution is 0.192. The van der Waals surface area contributed by atoms with Crippen LogP contribution in [0.2, 0.25) is 0 Å². The first-order valence-corrected chi connectivity index (χ1v) is 8.93. The van der Waals surface area contributed by atoms with Gasteiger partial charge in [0.15, 0.2) is 9.84 Å². The van der Waals surface area contributed by atoms with E-state index < -0.39 is 9.84 Å². The molecule has 6 heteroatoms. The number of halogens is 1. The van der Waals surface area contributed by atoms with E-state index in [1.165, 1.54) is 0 Å². The normalized spacial score (nSPS) is 23.7. The summed E-state index contributed by atoms with van der Waals surface area (Å²) in [5, 5.41) is 0. The van der Waals surface area contributed by atoms with Crippen LogP contribution in [0.1, 0.15) is 18.0 Å². The third-order valence-corrected chi connectivity index (χ3v) is 6.24. The van der Waals surface area contributed by atoms with Crippen molar-refractivity contribution in [1.29, 1.82) is 0 Å². The van der Waals surface area contributed by atoms with E-state index in [4.69, 9.17) is 5.73 Å². The minimum atomic E-state index is -2.87. The summed E-state index contributed by atoms with van der Waals surface area (Å²) >= 11 is 3.54. The fourth-order valence-electron chi connectivity index (χ4n) is 2.61. The summed E-state index contributed by atoms with van der Waals surface area (Å²) in [6, 6.07) is 8.04. The Hall–Kier alpha value is -0.430. The molecule has 2 atom stereocenters. The van der Waals surface area contributed by atoms with Crippen LogP contribution in [0.15, 0.2) is 28.7 Å². The van der Waals surface area contributed by atoms with Gasteiger partial charge in [-0.1, -0.05) is 34.1 Å². The largest absolute Gasteiger partial charge is 0.329 e. The third-order valence-electron chi connectivity index (χ3n) is 3.76. The van der Waals surface area contributed by atoms with Gasteiger partial charge in [-0.2, -0.15) is 0 Å². The maximum atomic E-state index is 11.6. The highest BCUT2D eigenvalue weighted by Gasteiger charge is 2.33. The maximum absolute atomic E-state index is 11.6. The van der Waals surface area contributed by atoms with Crippen molar-refractivity contribution >= 4 is 25.8 Å². The Morgan fingerprint density at radius 3 is 2.68 bits per heavy atom. The SMILES string of the molecule is CN(C1CCS(=O)(=O)C1)C(CN)c1ccccc1Br. The van der Waals surface area contributed by atoms with Gasteiger partial charge in [0.05, 0.1) is 11.5 Å². The van der Waals surface area contributed by atoms with Crippen LogP contribution in [-0.2, 0) is 9.84 Å². The Morgan fingerprint density at radius 2 is 2.16 bits per heavy atom. The molecule has 0 amide bonds. The average Bonchev–Trinajstić information content (AvgIpc) is 2.73. The third kappa shape index (κ3) is 3.37. The van der Waals surface area contributed by atoms with E-state index in [2.05, 4.69) is 20.8 Å². The number of nitrogens with zero attached hydrogens (tertiary/aromatic N) is 1. The maximum Gasteiger partial charge on any atom is 0.151 e. The Bertz CT molecular complexity index is 547. The second-order valence-electron chi connectivity index (χ2n) is 5.00. The molecule has 2 unspecified atom stereocenters. The van der Waals surface area contributed by atoms with Crippen molar-refractivity contribution in [2.45, 2.75) is 18.5 Å². The fourth-order valence-corrected chi connectivity index (χ4v) is 4.94. The highest BCUT2D eigenvalue weighted by Crippen LogP contribution is 2.30. The fraction of sp³-hybridized carbons (Fsp3) is 0.538. The molecule has 0 bridgehead atoms. The molecule has 0 aliphatic carbocycles. The predicted octanol–water partition coefficient (Wildman–Crippen LogP) is 1.57. The lowest BCUT2D eigenvalue weighted by Gasteiger charge is -2.32. The van der Waals surface area contributed by atoms with Gasteiger partial charge in [-0.3, -0.25) is 4.90 Å². The summed E-state index contributed by atoms with van der Waals surface area (Å²) in [4.78, 5) is 2.10. The molecule has 2 N–H and O–H groups in total. The van der Waals surface area contributed by atoms with Gasteiger partial charge in [-0.05, 0) is 25.1 Å². The van der Waals surface area contributed by atoms with Crippen molar-refractivity contribution in [2.24, 2.45) is 5.73 Å². The monoisotopic (exact) mass is 346 g/mol. The van der Waals surface area contributed by atoms with Crippen molar-refractivity contribution in [2.75, 3.05) is 25.1 Å². The number of hydrogen-bond donors (Lipinski definition) is 1. The number of nitrogens with two attached hydrogens (primary N) is 1. The van der Waals surface area contributed by atoms with Crippen LogP contribution in [-0.4, -0.2) is 44.5 Å². The molecule has 1 fully saturated rings. The van der Waals surface area contributed by atoms with Gasteiger partial charge in [0.1, 0.15) is 0 Å². The average molecular weight is 347 g/mol. The van der Waals surface area contributed by atoms with E-state index in [1.807, 2.05) is 31.3 Å². The quantitative estimate of drug-likeness (QED) is 0.898. The van der Waals surface area contributed by atoms with Crippen LogP contribution in [0.3, 0.4) is 0 Å². The first-order chi connectivity index (χ1) is 8.94. The van der Waals surface area contributed by atoms with E-state index in [0.29, 0.717) is 13.0 Å². The topological polar surface area (TPSA) is 63.4 Å². The molecule has 0 saturated carbocycles. The number of likely N-dealkylation sites (N-methyl/N-ethyl adjacent to an activating group) is 1. The molecule has 0 radical (unpaired) electrons. The zero-order chi connectivity index (χ0) is 14.0. The Morgan fingerprint density at radius 1 is 1.47 bits per heavy atom. The number of sulfone groups is 1. The first-order valence-electron chi connectivity index (χ1n) is 6.31. The molecular formula is C13H19BrN2O2S. The molecule has 2 rings (SSSR count). The molecule has 19 heavy (non-hydrogen) atoms. The van der Waals surface area contributed by atoms with Crippen LogP contribution < -0.4 is 5.73 Å². The lowest BCUT2D eigenvalue weighted by Crippen LogP contribution is -2.39. The number of hydrogen-bond acceptors (Lipinski definition) is 4. The van der Waals surface area contributed by atoms with E-state index in [0.717, 1.165) is 10.0 Å². The second kappa shape index (κ2) is 5.91. The van der Waals surface area contributed by atoms with Crippen molar-refractivity contribution in [3.8, 4) is 0 Å². The summed E-state index contributed by atoms with van der Waals surface area (Å²) < 4.78 is 24.2. The minimum absolute atomic E-state index is 0.0360. The van der Waals surface area contributed by atoms with Crippen molar-refractivity contribution in [3.63, 3.8) is 0 Å². The molecule has 1 aliphatic heterocycles. The Kier molecular flexibility index (Phi) is 4.66. The zero-order valence-electron chi connectivity index (χ0n) is 10.9. The molecule has 1 aliphatic rings. The summed E-state index contributed by atoms with van der Waals surface area (Å²) in [6.07, 6.45) is 0.694. The van der Waals surface area contributed by atoms with Gasteiger partial charge in [0.25, 0.3) is 0 Å². The van der Waals surface area contributed by atoms with Gasteiger partial charge in [0.2, 0.25) is 0 Å². The van der Waals surface area contributed by atoms with E-state index in [-0.39, 0.29) is 23.6 Å². The summed E-state index contributed by atoms with van der Waals surface area (Å²) in [5.74, 6) is 0.527. The molecule has 106 valence electrons. The Balaban J connectivity index is 2.21. The van der Waals surface area contributed by atoms with Crippen LogP contribution in [0, 0.1) is 0 Å². The van der Waals surface area contributed by atoms with E-state index in [1.54, 1.807) is 0 Å². The lowest BCUT2D eigenvalue weighted by atomic mass is 10.0. The van der Waals surface area contributed by atoms with Crippen LogP contribution in [0.4, 0.5) is 0 Å². The van der Waals surface area contributed by atoms with Gasteiger partial charge < -0.3 is 5.73 Å². The Labute approximate surface area is 123 Å². The second-order valence-corrected chi connectivity index (χ2v) is 8.08. The first kappa shape index (κ1) is 15.0. The van der Waals surface area contributed by atoms with Crippen molar-refractivity contribution in [3.05, 3.63) is 34.3 Å². The molecule has 1 saturated heterocycles. The molecular weight excluding hydrogens is 328 g/mol. The van der Waals surface area contributed by atoms with Gasteiger partial charge in [-0.15, -0.1) is 0 Å². The predicted molar refractivity (Wildman–Crippen MR) is 80.8 cm³/mol. The molecule has 0 spiro atoms. The van der Waals surface area contributed by atoms with Gasteiger partial charge in [-0.25, -0.2) is 8.42 Å². The summed E-state index contributed by atoms with van der Waals surface area (Å²) in [7, 11) is -0.908. The zero-order valence-corrected chi connectivity index (χ0v) is 13.3. The van der Waals surface area contributed by atoms with Crippen LogP contribution in [0.25, 0.3) is 0 Å².